The fourth-order valence-corrected chi connectivity index (χ4v) is 7.57. The summed E-state index contributed by atoms with van der Waals surface area (Å²) >= 11 is 0. The van der Waals surface area contributed by atoms with Gasteiger partial charge in [-0.25, -0.2) is 25.9 Å². The van der Waals surface area contributed by atoms with Crippen molar-refractivity contribution in [3.8, 4) is 0 Å². The summed E-state index contributed by atoms with van der Waals surface area (Å²) in [5.41, 5.74) is 0.465. The summed E-state index contributed by atoms with van der Waals surface area (Å²) in [6, 6.07) is 11.4. The molecule has 12 nitrogen and oxygen atoms in total. The van der Waals surface area contributed by atoms with Crippen molar-refractivity contribution in [3.63, 3.8) is 0 Å². The maximum atomic E-state index is 14.0. The van der Waals surface area contributed by atoms with Gasteiger partial charge in [0.2, 0.25) is 0 Å². The van der Waals surface area contributed by atoms with Gasteiger partial charge in [-0.2, -0.15) is 0 Å². The van der Waals surface area contributed by atoms with Crippen molar-refractivity contribution < 1.29 is 36.0 Å². The molecule has 0 saturated carbocycles. The van der Waals surface area contributed by atoms with Crippen LogP contribution in [0.2, 0.25) is 0 Å². The topological polar surface area (TPSA) is 159 Å². The molecule has 210 valence electrons. The Kier molecular flexibility index (Phi) is 9.00. The first-order valence-corrected chi connectivity index (χ1v) is 15.6. The monoisotopic (exact) mass is 578 g/mol. The highest BCUT2D eigenvalue weighted by molar-refractivity contribution is 7.90. The minimum Gasteiger partial charge on any atom is -0.378 e. The number of morpholine rings is 1. The summed E-state index contributed by atoms with van der Waals surface area (Å²) in [5.74, 6) is -3.06. The summed E-state index contributed by atoms with van der Waals surface area (Å²) in [5, 5.41) is 5.19. The molecule has 39 heavy (non-hydrogen) atoms. The Labute approximate surface area is 227 Å². The van der Waals surface area contributed by atoms with E-state index in [2.05, 4.69) is 10.6 Å². The second kappa shape index (κ2) is 12.2. The van der Waals surface area contributed by atoms with Gasteiger partial charge < -0.3 is 20.3 Å². The van der Waals surface area contributed by atoms with Crippen LogP contribution in [0.15, 0.2) is 65.6 Å². The number of rotatable bonds is 9. The SMILES string of the molecule is O=C1CNCC1N(C(=O)C(CS(=O)(=O)Cc1ccccc1)NC(=O)N1CCOCC1)S(=O)(=O)c1ccccc1. The number of carbonyl (C=O) groups excluding carboxylic acids is 3. The smallest absolute Gasteiger partial charge is 0.318 e. The van der Waals surface area contributed by atoms with Crippen molar-refractivity contribution >= 4 is 37.6 Å². The van der Waals surface area contributed by atoms with Gasteiger partial charge in [-0.05, 0) is 17.7 Å². The van der Waals surface area contributed by atoms with Gasteiger partial charge in [0.25, 0.3) is 15.9 Å². The molecule has 2 aliphatic rings. The maximum absolute atomic E-state index is 14.0. The Morgan fingerprint density at radius 3 is 2.21 bits per heavy atom. The van der Waals surface area contributed by atoms with Gasteiger partial charge in [-0.15, -0.1) is 0 Å². The molecular weight excluding hydrogens is 548 g/mol. The lowest BCUT2D eigenvalue weighted by Gasteiger charge is -2.33. The molecule has 0 aromatic heterocycles. The molecule has 2 atom stereocenters. The number of hydrogen-bond acceptors (Lipinski definition) is 9. The number of carbonyl (C=O) groups is 3. The van der Waals surface area contributed by atoms with Crippen LogP contribution >= 0.6 is 0 Å². The zero-order chi connectivity index (χ0) is 28.0. The minimum absolute atomic E-state index is 0.141. The number of amides is 3. The first-order valence-electron chi connectivity index (χ1n) is 12.3. The molecule has 0 bridgehead atoms. The highest BCUT2D eigenvalue weighted by atomic mass is 32.2. The van der Waals surface area contributed by atoms with E-state index in [1.807, 2.05) is 0 Å². The van der Waals surface area contributed by atoms with Crippen LogP contribution in [0.5, 0.6) is 0 Å². The van der Waals surface area contributed by atoms with E-state index < -0.39 is 61.2 Å². The summed E-state index contributed by atoms with van der Waals surface area (Å²) < 4.78 is 59.5. The first-order chi connectivity index (χ1) is 18.6. The number of Topliss-reactive ketones (excluding diaryl/α,β-unsaturated/α-hetero) is 1. The highest BCUT2D eigenvalue weighted by Crippen LogP contribution is 2.22. The van der Waals surface area contributed by atoms with Crippen LogP contribution in [0.3, 0.4) is 0 Å². The Bertz CT molecular complexity index is 1400. The van der Waals surface area contributed by atoms with Crippen LogP contribution in [-0.4, -0.2) is 101 Å². The van der Waals surface area contributed by atoms with E-state index in [9.17, 15) is 31.2 Å². The molecule has 3 amide bonds. The quantitative estimate of drug-likeness (QED) is 0.410. The zero-order valence-corrected chi connectivity index (χ0v) is 22.7. The summed E-state index contributed by atoms with van der Waals surface area (Å²) in [4.78, 5) is 40.8. The fraction of sp³-hybridized carbons (Fsp3) is 0.400. The van der Waals surface area contributed by atoms with Gasteiger partial charge in [0, 0.05) is 19.6 Å². The second-order valence-electron chi connectivity index (χ2n) is 9.21. The number of sulfonamides is 1. The summed E-state index contributed by atoms with van der Waals surface area (Å²) in [7, 11) is -8.63. The molecule has 2 aliphatic heterocycles. The fourth-order valence-electron chi connectivity index (χ4n) is 4.40. The highest BCUT2D eigenvalue weighted by Gasteiger charge is 2.45. The lowest BCUT2D eigenvalue weighted by atomic mass is 10.2. The Hall–Kier alpha value is -3.33. The van der Waals surface area contributed by atoms with Crippen LogP contribution in [0.4, 0.5) is 4.79 Å². The van der Waals surface area contributed by atoms with Crippen LogP contribution in [-0.2, 0) is 39.9 Å². The maximum Gasteiger partial charge on any atom is 0.318 e. The second-order valence-corrected chi connectivity index (χ2v) is 13.1. The Morgan fingerprint density at radius 1 is 1.00 bits per heavy atom. The molecule has 4 rings (SSSR count). The molecular formula is C25H30N4O8S2. The number of hydrogen-bond donors (Lipinski definition) is 2. The van der Waals surface area contributed by atoms with E-state index in [-0.39, 0.29) is 44.3 Å². The van der Waals surface area contributed by atoms with Gasteiger partial charge in [0.1, 0.15) is 12.1 Å². The average molecular weight is 579 g/mol. The lowest BCUT2D eigenvalue weighted by Crippen LogP contribution is -2.60. The molecule has 0 aliphatic carbocycles. The minimum atomic E-state index is -4.59. The molecule has 2 saturated heterocycles. The molecule has 0 spiro atoms. The van der Waals surface area contributed by atoms with Crippen molar-refractivity contribution in [1.29, 1.82) is 0 Å². The third-order valence-electron chi connectivity index (χ3n) is 6.35. The van der Waals surface area contributed by atoms with Crippen molar-refractivity contribution in [3.05, 3.63) is 66.2 Å². The van der Waals surface area contributed by atoms with E-state index >= 15 is 0 Å². The van der Waals surface area contributed by atoms with Crippen LogP contribution in [0, 0.1) is 0 Å². The molecule has 2 aromatic rings. The third kappa shape index (κ3) is 7.01. The van der Waals surface area contributed by atoms with Crippen molar-refractivity contribution in [2.75, 3.05) is 45.1 Å². The normalized spacial score (nSPS) is 18.9. The molecule has 2 unspecified atom stereocenters. The Morgan fingerprint density at radius 2 is 1.62 bits per heavy atom. The van der Waals surface area contributed by atoms with Crippen LogP contribution in [0.1, 0.15) is 5.56 Å². The van der Waals surface area contributed by atoms with E-state index in [0.29, 0.717) is 9.87 Å². The van der Waals surface area contributed by atoms with Gasteiger partial charge in [-0.3, -0.25) is 9.59 Å². The molecule has 14 heteroatoms. The molecule has 2 aromatic carbocycles. The first kappa shape index (κ1) is 28.7. The van der Waals surface area contributed by atoms with Gasteiger partial charge in [0.15, 0.2) is 15.6 Å². The number of sulfone groups is 1. The third-order valence-corrected chi connectivity index (χ3v) is 9.79. The Balaban J connectivity index is 1.70. The van der Waals surface area contributed by atoms with E-state index in [1.165, 1.54) is 29.2 Å². The van der Waals surface area contributed by atoms with Gasteiger partial charge >= 0.3 is 6.03 Å². The average Bonchev–Trinajstić information content (AvgIpc) is 3.34. The van der Waals surface area contributed by atoms with Crippen molar-refractivity contribution in [2.24, 2.45) is 0 Å². The number of ether oxygens (including phenoxy) is 1. The van der Waals surface area contributed by atoms with E-state index in [0.717, 1.165) is 0 Å². The van der Waals surface area contributed by atoms with E-state index in [4.69, 9.17) is 4.74 Å². The zero-order valence-electron chi connectivity index (χ0n) is 21.1. The lowest BCUT2D eigenvalue weighted by molar-refractivity contribution is -0.133. The number of nitrogens with one attached hydrogen (secondary N) is 2. The molecule has 2 fully saturated rings. The predicted molar refractivity (Wildman–Crippen MR) is 141 cm³/mol. The van der Waals surface area contributed by atoms with Crippen LogP contribution in [0.25, 0.3) is 0 Å². The number of benzene rings is 2. The van der Waals surface area contributed by atoms with Crippen molar-refractivity contribution in [1.82, 2.24) is 19.8 Å². The van der Waals surface area contributed by atoms with Gasteiger partial charge in [-0.1, -0.05) is 48.5 Å². The van der Waals surface area contributed by atoms with Gasteiger partial charge in [0.05, 0.1) is 36.2 Å². The summed E-state index contributed by atoms with van der Waals surface area (Å²) in [6.07, 6.45) is 0. The number of ketones is 1. The molecule has 0 radical (unpaired) electrons. The number of nitrogens with zero attached hydrogens (tertiary/aromatic N) is 2. The standard InChI is InChI=1S/C25H30N4O8S2/c30-23-16-26-15-22(23)29(39(35,36)20-9-5-2-6-10-20)24(31)21(27-25(32)28-11-13-37-14-12-28)18-38(33,34)17-19-7-3-1-4-8-19/h1-10,21-22,26H,11-18H2,(H,27,32). The largest absolute Gasteiger partial charge is 0.378 e. The number of urea groups is 1. The van der Waals surface area contributed by atoms with Crippen LogP contribution < -0.4 is 10.6 Å². The molecule has 2 N–H and O–H groups in total. The predicted octanol–water partition coefficient (Wildman–Crippen LogP) is -0.230. The van der Waals surface area contributed by atoms with E-state index in [1.54, 1.807) is 36.4 Å². The summed E-state index contributed by atoms with van der Waals surface area (Å²) in [6.45, 7) is 0.638. The molecule has 2 heterocycles. The van der Waals surface area contributed by atoms with Crippen molar-refractivity contribution in [2.45, 2.75) is 22.7 Å².